The smallest absolute Gasteiger partial charge is 0.317 e. The third-order valence-corrected chi connectivity index (χ3v) is 4.88. The van der Waals surface area contributed by atoms with Crippen molar-refractivity contribution in [2.24, 2.45) is 5.92 Å². The summed E-state index contributed by atoms with van der Waals surface area (Å²) in [6, 6.07) is 4.10. The highest BCUT2D eigenvalue weighted by atomic mass is 35.5. The second-order valence-electron chi connectivity index (χ2n) is 5.88. The Balaban J connectivity index is 1.69. The Kier molecular flexibility index (Phi) is 6.33. The number of rotatable bonds is 5. The molecular formula is C15H24ClN3OS. The molecule has 1 N–H and O–H groups in total. The van der Waals surface area contributed by atoms with Crippen LogP contribution in [0.15, 0.2) is 12.1 Å². The van der Waals surface area contributed by atoms with Crippen LogP contribution >= 0.6 is 22.9 Å². The van der Waals surface area contributed by atoms with E-state index in [1.807, 2.05) is 11.0 Å². The number of carbonyl (C=O) groups excluding carboxylic acids is 1. The van der Waals surface area contributed by atoms with Crippen LogP contribution in [-0.4, -0.2) is 48.6 Å². The van der Waals surface area contributed by atoms with Crippen molar-refractivity contribution < 1.29 is 4.79 Å². The number of urea groups is 1. The Morgan fingerprint density at radius 3 is 2.62 bits per heavy atom. The summed E-state index contributed by atoms with van der Waals surface area (Å²) in [5, 5.41) is 3.00. The van der Waals surface area contributed by atoms with E-state index >= 15 is 0 Å². The maximum Gasteiger partial charge on any atom is 0.317 e. The largest absolute Gasteiger partial charge is 0.338 e. The summed E-state index contributed by atoms with van der Waals surface area (Å²) >= 11 is 7.59. The fourth-order valence-electron chi connectivity index (χ4n) is 2.35. The first-order chi connectivity index (χ1) is 10.0. The molecule has 4 nitrogen and oxygen atoms in total. The second kappa shape index (κ2) is 8.01. The van der Waals surface area contributed by atoms with Crippen molar-refractivity contribution in [1.82, 2.24) is 15.1 Å². The first kappa shape index (κ1) is 16.6. The zero-order valence-electron chi connectivity index (χ0n) is 12.8. The maximum atomic E-state index is 12.0. The minimum absolute atomic E-state index is 0.0782. The van der Waals surface area contributed by atoms with Gasteiger partial charge in [0.15, 0.2) is 0 Å². The molecule has 0 unspecified atom stereocenters. The molecule has 1 saturated heterocycles. The predicted molar refractivity (Wildman–Crippen MR) is 89.0 cm³/mol. The molecular weight excluding hydrogens is 306 g/mol. The van der Waals surface area contributed by atoms with Crippen LogP contribution in [0.5, 0.6) is 0 Å². The van der Waals surface area contributed by atoms with Crippen LogP contribution < -0.4 is 5.32 Å². The number of halogens is 1. The molecule has 0 radical (unpaired) electrons. The average molecular weight is 330 g/mol. The number of amides is 2. The second-order valence-corrected chi connectivity index (χ2v) is 7.68. The number of piperazine rings is 1. The number of nitrogens with zero attached hydrogens (tertiary/aromatic N) is 2. The number of carbonyl (C=O) groups is 1. The Labute approximate surface area is 136 Å². The molecule has 2 amide bonds. The van der Waals surface area contributed by atoms with Gasteiger partial charge in [0.05, 0.1) is 4.34 Å². The lowest BCUT2D eigenvalue weighted by atomic mass is 10.1. The van der Waals surface area contributed by atoms with E-state index in [9.17, 15) is 4.79 Å². The number of thiophene rings is 1. The number of hydrogen-bond acceptors (Lipinski definition) is 3. The summed E-state index contributed by atoms with van der Waals surface area (Å²) in [6.07, 6.45) is 1.03. The Hall–Kier alpha value is -0.780. The van der Waals surface area contributed by atoms with Crippen LogP contribution in [0.1, 0.15) is 25.1 Å². The molecule has 21 heavy (non-hydrogen) atoms. The highest BCUT2D eigenvalue weighted by Crippen LogP contribution is 2.23. The molecule has 0 atom stereocenters. The molecule has 1 fully saturated rings. The highest BCUT2D eigenvalue weighted by molar-refractivity contribution is 7.16. The van der Waals surface area contributed by atoms with Gasteiger partial charge in [-0.3, -0.25) is 4.90 Å². The van der Waals surface area contributed by atoms with Crippen LogP contribution in [0, 0.1) is 5.92 Å². The van der Waals surface area contributed by atoms with E-state index in [1.165, 1.54) is 4.88 Å². The van der Waals surface area contributed by atoms with Crippen molar-refractivity contribution in [1.29, 1.82) is 0 Å². The Bertz CT molecular complexity index is 456. The monoisotopic (exact) mass is 329 g/mol. The minimum Gasteiger partial charge on any atom is -0.338 e. The molecule has 1 aliphatic heterocycles. The van der Waals surface area contributed by atoms with Crippen molar-refractivity contribution >= 4 is 29.0 Å². The quantitative estimate of drug-likeness (QED) is 0.900. The third-order valence-electron chi connectivity index (χ3n) is 3.67. The normalized spacial score (nSPS) is 16.5. The fraction of sp³-hybridized carbons (Fsp3) is 0.667. The Morgan fingerprint density at radius 1 is 1.33 bits per heavy atom. The molecule has 0 spiro atoms. The van der Waals surface area contributed by atoms with E-state index in [0.717, 1.165) is 50.0 Å². The summed E-state index contributed by atoms with van der Waals surface area (Å²) in [7, 11) is 0. The molecule has 6 heteroatoms. The van der Waals surface area contributed by atoms with Gasteiger partial charge >= 0.3 is 6.03 Å². The van der Waals surface area contributed by atoms with E-state index < -0.39 is 0 Å². The first-order valence-electron chi connectivity index (χ1n) is 7.54. The van der Waals surface area contributed by atoms with Gasteiger partial charge in [0.1, 0.15) is 0 Å². The summed E-state index contributed by atoms with van der Waals surface area (Å²) in [6.45, 7) is 9.48. The number of nitrogens with one attached hydrogen (secondary N) is 1. The van der Waals surface area contributed by atoms with Crippen molar-refractivity contribution in [3.8, 4) is 0 Å². The minimum atomic E-state index is 0.0782. The van der Waals surface area contributed by atoms with Gasteiger partial charge in [-0.2, -0.15) is 0 Å². The summed E-state index contributed by atoms with van der Waals surface area (Å²) < 4.78 is 0.841. The molecule has 2 rings (SSSR count). The average Bonchev–Trinajstić information content (AvgIpc) is 2.84. The molecule has 118 valence electrons. The van der Waals surface area contributed by atoms with Gasteiger partial charge in [0, 0.05) is 44.1 Å². The standard InChI is InChI=1S/C15H24ClN3OS/c1-12(2)5-6-17-15(20)19-9-7-18(8-10-19)11-13-3-4-14(16)21-13/h3-4,12H,5-11H2,1-2H3,(H,17,20). The Morgan fingerprint density at radius 2 is 2.05 bits per heavy atom. The van der Waals surface area contributed by atoms with Gasteiger partial charge in [0.25, 0.3) is 0 Å². The van der Waals surface area contributed by atoms with Gasteiger partial charge in [-0.1, -0.05) is 25.4 Å². The molecule has 2 heterocycles. The van der Waals surface area contributed by atoms with Crippen LogP contribution in [0.25, 0.3) is 0 Å². The third kappa shape index (κ3) is 5.49. The van der Waals surface area contributed by atoms with Gasteiger partial charge < -0.3 is 10.2 Å². The summed E-state index contributed by atoms with van der Waals surface area (Å²) in [5.74, 6) is 0.625. The summed E-state index contributed by atoms with van der Waals surface area (Å²) in [4.78, 5) is 17.6. The molecule has 1 aromatic rings. The zero-order chi connectivity index (χ0) is 15.2. The van der Waals surface area contributed by atoms with E-state index in [1.54, 1.807) is 11.3 Å². The highest BCUT2D eigenvalue weighted by Gasteiger charge is 2.21. The van der Waals surface area contributed by atoms with Gasteiger partial charge in [-0.15, -0.1) is 11.3 Å². The molecule has 1 aliphatic rings. The van der Waals surface area contributed by atoms with Crippen LogP contribution in [0.3, 0.4) is 0 Å². The lowest BCUT2D eigenvalue weighted by Gasteiger charge is -2.34. The predicted octanol–water partition coefficient (Wildman–Crippen LogP) is 3.27. The lowest BCUT2D eigenvalue weighted by Crippen LogP contribution is -2.51. The maximum absolute atomic E-state index is 12.0. The summed E-state index contributed by atoms with van der Waals surface area (Å²) in [5.41, 5.74) is 0. The molecule has 0 bridgehead atoms. The molecule has 1 aromatic heterocycles. The van der Waals surface area contributed by atoms with Crippen molar-refractivity contribution in [2.75, 3.05) is 32.7 Å². The molecule has 0 aromatic carbocycles. The van der Waals surface area contributed by atoms with Crippen LogP contribution in [0.2, 0.25) is 4.34 Å². The van der Waals surface area contributed by atoms with Crippen molar-refractivity contribution in [3.63, 3.8) is 0 Å². The van der Waals surface area contributed by atoms with Crippen molar-refractivity contribution in [3.05, 3.63) is 21.3 Å². The van der Waals surface area contributed by atoms with Gasteiger partial charge in [-0.05, 0) is 24.5 Å². The fourth-order valence-corrected chi connectivity index (χ4v) is 3.48. The van der Waals surface area contributed by atoms with Crippen molar-refractivity contribution in [2.45, 2.75) is 26.8 Å². The molecule has 0 saturated carbocycles. The molecule has 0 aliphatic carbocycles. The van der Waals surface area contributed by atoms with E-state index in [0.29, 0.717) is 5.92 Å². The van der Waals surface area contributed by atoms with Crippen LogP contribution in [-0.2, 0) is 6.54 Å². The number of hydrogen-bond donors (Lipinski definition) is 1. The van der Waals surface area contributed by atoms with E-state index in [4.69, 9.17) is 11.6 Å². The lowest BCUT2D eigenvalue weighted by molar-refractivity contribution is 0.136. The first-order valence-corrected chi connectivity index (χ1v) is 8.73. The SMILES string of the molecule is CC(C)CCNC(=O)N1CCN(Cc2ccc(Cl)s2)CC1. The van der Waals surface area contributed by atoms with Crippen LogP contribution in [0.4, 0.5) is 4.79 Å². The topological polar surface area (TPSA) is 35.6 Å². The van der Waals surface area contributed by atoms with Gasteiger partial charge in [0.2, 0.25) is 0 Å². The van der Waals surface area contributed by atoms with Gasteiger partial charge in [-0.25, -0.2) is 4.79 Å². The zero-order valence-corrected chi connectivity index (χ0v) is 14.3. The van der Waals surface area contributed by atoms with E-state index in [-0.39, 0.29) is 6.03 Å². The van der Waals surface area contributed by atoms with E-state index in [2.05, 4.69) is 30.1 Å².